The van der Waals surface area contributed by atoms with Crippen LogP contribution < -0.4 is 10.6 Å². The topological polar surface area (TPSA) is 41.1 Å². The number of likely N-dealkylation sites (N-methyl/N-ethyl adjacent to an activating group) is 1. The summed E-state index contributed by atoms with van der Waals surface area (Å²) in [5.74, 6) is -0.00759. The fourth-order valence-corrected chi connectivity index (χ4v) is 1.69. The van der Waals surface area contributed by atoms with Crippen molar-refractivity contribution in [1.29, 1.82) is 0 Å². The average molecular weight is 269 g/mol. The SMILES string of the molecule is CCC(NC(=O)C(C)(C)NC)c1ccc(Cl)cc1. The van der Waals surface area contributed by atoms with E-state index in [-0.39, 0.29) is 11.9 Å². The van der Waals surface area contributed by atoms with Gasteiger partial charge in [0.2, 0.25) is 5.91 Å². The van der Waals surface area contributed by atoms with E-state index >= 15 is 0 Å². The van der Waals surface area contributed by atoms with Crippen molar-refractivity contribution >= 4 is 17.5 Å². The number of rotatable bonds is 5. The standard InChI is InChI=1S/C14H21ClN2O/c1-5-12(10-6-8-11(15)9-7-10)17-13(18)14(2,3)16-4/h6-9,12,16H,5H2,1-4H3,(H,17,18). The lowest BCUT2D eigenvalue weighted by atomic mass is 10.0. The van der Waals surface area contributed by atoms with Gasteiger partial charge in [-0.15, -0.1) is 0 Å². The molecule has 0 spiro atoms. The minimum atomic E-state index is -0.570. The first kappa shape index (κ1) is 15.0. The predicted molar refractivity (Wildman–Crippen MR) is 75.8 cm³/mol. The zero-order valence-corrected chi connectivity index (χ0v) is 12.1. The Kier molecular flexibility index (Phi) is 5.17. The lowest BCUT2D eigenvalue weighted by molar-refractivity contribution is -0.127. The van der Waals surface area contributed by atoms with Gasteiger partial charge in [0.1, 0.15) is 0 Å². The largest absolute Gasteiger partial charge is 0.348 e. The molecule has 18 heavy (non-hydrogen) atoms. The van der Waals surface area contributed by atoms with Gasteiger partial charge in [-0.05, 0) is 45.0 Å². The number of hydrogen-bond acceptors (Lipinski definition) is 2. The Labute approximate surface area is 114 Å². The van der Waals surface area contributed by atoms with Crippen LogP contribution in [0.2, 0.25) is 5.02 Å². The van der Waals surface area contributed by atoms with Crippen molar-refractivity contribution in [2.24, 2.45) is 0 Å². The Morgan fingerprint density at radius 1 is 1.33 bits per heavy atom. The van der Waals surface area contributed by atoms with Gasteiger partial charge < -0.3 is 10.6 Å². The van der Waals surface area contributed by atoms with Crippen LogP contribution in [0, 0.1) is 0 Å². The van der Waals surface area contributed by atoms with Crippen LogP contribution >= 0.6 is 11.6 Å². The first-order valence-corrected chi connectivity index (χ1v) is 6.54. The van der Waals surface area contributed by atoms with E-state index in [9.17, 15) is 4.79 Å². The molecule has 0 aliphatic heterocycles. The van der Waals surface area contributed by atoms with Crippen LogP contribution in [0.3, 0.4) is 0 Å². The highest BCUT2D eigenvalue weighted by molar-refractivity contribution is 6.30. The molecule has 1 aromatic rings. The molecule has 0 aliphatic carbocycles. The molecule has 4 heteroatoms. The average Bonchev–Trinajstić information content (AvgIpc) is 2.36. The quantitative estimate of drug-likeness (QED) is 0.862. The molecule has 0 heterocycles. The molecule has 1 unspecified atom stereocenters. The fraction of sp³-hybridized carbons (Fsp3) is 0.500. The maximum atomic E-state index is 12.1. The first-order chi connectivity index (χ1) is 8.40. The fourth-order valence-electron chi connectivity index (χ4n) is 1.57. The summed E-state index contributed by atoms with van der Waals surface area (Å²) in [5, 5.41) is 6.75. The summed E-state index contributed by atoms with van der Waals surface area (Å²) in [4.78, 5) is 12.1. The highest BCUT2D eigenvalue weighted by Gasteiger charge is 2.27. The molecule has 0 saturated carbocycles. The van der Waals surface area contributed by atoms with E-state index in [1.807, 2.05) is 45.0 Å². The molecule has 3 nitrogen and oxygen atoms in total. The van der Waals surface area contributed by atoms with Gasteiger partial charge in [-0.2, -0.15) is 0 Å². The van der Waals surface area contributed by atoms with E-state index in [0.29, 0.717) is 5.02 Å². The normalized spacial score (nSPS) is 13.2. The summed E-state index contributed by atoms with van der Waals surface area (Å²) in [6.07, 6.45) is 0.840. The third kappa shape index (κ3) is 3.72. The zero-order valence-electron chi connectivity index (χ0n) is 11.4. The van der Waals surface area contributed by atoms with Crippen molar-refractivity contribution in [3.63, 3.8) is 0 Å². The molecule has 1 rings (SSSR count). The third-order valence-electron chi connectivity index (χ3n) is 3.18. The van der Waals surface area contributed by atoms with Gasteiger partial charge in [0.25, 0.3) is 0 Å². The van der Waals surface area contributed by atoms with Gasteiger partial charge in [0.05, 0.1) is 11.6 Å². The molecule has 100 valence electrons. The molecule has 2 N–H and O–H groups in total. The highest BCUT2D eigenvalue weighted by atomic mass is 35.5. The van der Waals surface area contributed by atoms with Gasteiger partial charge in [0, 0.05) is 5.02 Å². The molecule has 1 amide bonds. The Morgan fingerprint density at radius 3 is 2.33 bits per heavy atom. The number of hydrogen-bond donors (Lipinski definition) is 2. The second kappa shape index (κ2) is 6.21. The lowest BCUT2D eigenvalue weighted by Gasteiger charge is -2.26. The number of nitrogens with one attached hydrogen (secondary N) is 2. The number of carbonyl (C=O) groups is 1. The predicted octanol–water partition coefficient (Wildman–Crippen LogP) is 2.91. The Morgan fingerprint density at radius 2 is 1.89 bits per heavy atom. The van der Waals surface area contributed by atoms with Gasteiger partial charge in [0.15, 0.2) is 0 Å². The van der Waals surface area contributed by atoms with Crippen LogP contribution in [-0.4, -0.2) is 18.5 Å². The molecular weight excluding hydrogens is 248 g/mol. The van der Waals surface area contributed by atoms with E-state index in [1.54, 1.807) is 7.05 Å². The van der Waals surface area contributed by atoms with E-state index < -0.39 is 5.54 Å². The summed E-state index contributed by atoms with van der Waals surface area (Å²) < 4.78 is 0. The number of benzene rings is 1. The van der Waals surface area contributed by atoms with Crippen molar-refractivity contribution in [3.8, 4) is 0 Å². The van der Waals surface area contributed by atoms with Crippen LogP contribution in [0.5, 0.6) is 0 Å². The molecular formula is C14H21ClN2O. The molecule has 0 aliphatic rings. The number of carbonyl (C=O) groups excluding carboxylic acids is 1. The summed E-state index contributed by atoms with van der Waals surface area (Å²) in [6.45, 7) is 5.76. The monoisotopic (exact) mass is 268 g/mol. The van der Waals surface area contributed by atoms with Crippen molar-refractivity contribution in [3.05, 3.63) is 34.9 Å². The van der Waals surface area contributed by atoms with Crippen LogP contribution in [-0.2, 0) is 4.79 Å². The van der Waals surface area contributed by atoms with Crippen LogP contribution in [0.1, 0.15) is 38.8 Å². The maximum absolute atomic E-state index is 12.1. The molecule has 1 atom stereocenters. The van der Waals surface area contributed by atoms with Crippen molar-refractivity contribution in [2.45, 2.75) is 38.8 Å². The Balaban J connectivity index is 2.80. The minimum absolute atomic E-state index is 0.00759. The highest BCUT2D eigenvalue weighted by Crippen LogP contribution is 2.20. The number of amides is 1. The zero-order chi connectivity index (χ0) is 13.8. The van der Waals surface area contributed by atoms with Crippen LogP contribution in [0.25, 0.3) is 0 Å². The molecule has 0 radical (unpaired) electrons. The molecule has 1 aromatic carbocycles. The summed E-state index contributed by atoms with van der Waals surface area (Å²) >= 11 is 5.86. The van der Waals surface area contributed by atoms with E-state index in [4.69, 9.17) is 11.6 Å². The van der Waals surface area contributed by atoms with E-state index in [0.717, 1.165) is 12.0 Å². The smallest absolute Gasteiger partial charge is 0.240 e. The molecule has 0 aromatic heterocycles. The van der Waals surface area contributed by atoms with Gasteiger partial charge in [-0.25, -0.2) is 0 Å². The first-order valence-electron chi connectivity index (χ1n) is 6.16. The second-order valence-electron chi connectivity index (χ2n) is 4.86. The molecule has 0 saturated heterocycles. The van der Waals surface area contributed by atoms with Crippen molar-refractivity contribution in [1.82, 2.24) is 10.6 Å². The Bertz CT molecular complexity index is 401. The van der Waals surface area contributed by atoms with Crippen LogP contribution in [0.4, 0.5) is 0 Å². The summed E-state index contributed by atoms with van der Waals surface area (Å²) in [5.41, 5.74) is 0.502. The minimum Gasteiger partial charge on any atom is -0.348 e. The van der Waals surface area contributed by atoms with Gasteiger partial charge in [-0.1, -0.05) is 30.7 Å². The molecule has 0 fully saturated rings. The molecule has 0 bridgehead atoms. The van der Waals surface area contributed by atoms with Gasteiger partial charge >= 0.3 is 0 Å². The summed E-state index contributed by atoms with van der Waals surface area (Å²) in [6, 6.07) is 7.60. The summed E-state index contributed by atoms with van der Waals surface area (Å²) in [7, 11) is 1.78. The Hall–Kier alpha value is -1.06. The number of halogens is 1. The van der Waals surface area contributed by atoms with Crippen molar-refractivity contribution in [2.75, 3.05) is 7.05 Å². The van der Waals surface area contributed by atoms with Crippen molar-refractivity contribution < 1.29 is 4.79 Å². The third-order valence-corrected chi connectivity index (χ3v) is 3.43. The maximum Gasteiger partial charge on any atom is 0.240 e. The lowest BCUT2D eigenvalue weighted by Crippen LogP contribution is -2.51. The van der Waals surface area contributed by atoms with Gasteiger partial charge in [-0.3, -0.25) is 4.79 Å². The van der Waals surface area contributed by atoms with E-state index in [2.05, 4.69) is 10.6 Å². The second-order valence-corrected chi connectivity index (χ2v) is 5.30. The van der Waals surface area contributed by atoms with E-state index in [1.165, 1.54) is 0 Å². The van der Waals surface area contributed by atoms with Crippen LogP contribution in [0.15, 0.2) is 24.3 Å².